The maximum Gasteiger partial charge on any atom is 0.185 e. The molecule has 5 heteroatoms. The molecule has 5 nitrogen and oxygen atoms in total. The Kier molecular flexibility index (Phi) is 2.14. The third-order valence-electron chi connectivity index (χ3n) is 4.24. The molecular formula is C15H17N5. The molecule has 1 fully saturated rings. The maximum atomic E-state index is 4.69. The van der Waals surface area contributed by atoms with Gasteiger partial charge in [0.15, 0.2) is 17.3 Å². The largest absolute Gasteiger partial charge is 0.365 e. The van der Waals surface area contributed by atoms with Gasteiger partial charge in [0.1, 0.15) is 0 Å². The monoisotopic (exact) mass is 267 g/mol. The Morgan fingerprint density at radius 1 is 1.20 bits per heavy atom. The maximum absolute atomic E-state index is 4.69. The second-order valence-corrected chi connectivity index (χ2v) is 6.27. The van der Waals surface area contributed by atoms with Crippen molar-refractivity contribution in [2.45, 2.75) is 33.2 Å². The van der Waals surface area contributed by atoms with Crippen molar-refractivity contribution in [2.24, 2.45) is 5.41 Å². The highest BCUT2D eigenvalue weighted by Gasteiger charge is 2.46. The molecule has 0 spiro atoms. The third-order valence-corrected chi connectivity index (χ3v) is 4.24. The van der Waals surface area contributed by atoms with Gasteiger partial charge >= 0.3 is 0 Å². The van der Waals surface area contributed by atoms with Gasteiger partial charge in [-0.3, -0.25) is 0 Å². The van der Waals surface area contributed by atoms with E-state index in [1.165, 1.54) is 6.42 Å². The topological polar surface area (TPSA) is 55.1 Å². The normalized spacial score (nSPS) is 20.4. The van der Waals surface area contributed by atoms with E-state index in [0.29, 0.717) is 11.5 Å². The molecule has 1 aliphatic carbocycles. The fourth-order valence-electron chi connectivity index (χ4n) is 2.67. The summed E-state index contributed by atoms with van der Waals surface area (Å²) in [7, 11) is 0. The summed E-state index contributed by atoms with van der Waals surface area (Å²) in [6, 6.07) is 8.71. The van der Waals surface area contributed by atoms with Crippen molar-refractivity contribution in [1.29, 1.82) is 0 Å². The van der Waals surface area contributed by atoms with Crippen LogP contribution in [0.1, 0.15) is 26.1 Å². The molecule has 0 aliphatic heterocycles. The molecule has 1 aromatic carbocycles. The van der Waals surface area contributed by atoms with Crippen LogP contribution in [-0.2, 0) is 0 Å². The lowest BCUT2D eigenvalue weighted by Gasteiger charge is -2.11. The summed E-state index contributed by atoms with van der Waals surface area (Å²) in [5, 5.41) is 18.8. The van der Waals surface area contributed by atoms with E-state index < -0.39 is 0 Å². The molecular weight excluding hydrogens is 250 g/mol. The number of anilines is 1. The number of aryl methyl sites for hydroxylation is 1. The van der Waals surface area contributed by atoms with E-state index in [2.05, 4.69) is 46.6 Å². The van der Waals surface area contributed by atoms with Crippen LogP contribution in [0.5, 0.6) is 0 Å². The molecule has 2 heterocycles. The Labute approximate surface area is 117 Å². The molecule has 0 saturated heterocycles. The molecule has 3 aromatic rings. The Balaban J connectivity index is 1.95. The van der Waals surface area contributed by atoms with Crippen molar-refractivity contribution in [3.8, 4) is 0 Å². The lowest BCUT2D eigenvalue weighted by molar-refractivity contribution is 0.629. The summed E-state index contributed by atoms with van der Waals surface area (Å²) < 4.78 is 1.82. The molecule has 102 valence electrons. The average molecular weight is 267 g/mol. The Morgan fingerprint density at radius 2 is 1.90 bits per heavy atom. The van der Waals surface area contributed by atoms with Crippen LogP contribution in [0.15, 0.2) is 24.3 Å². The van der Waals surface area contributed by atoms with Gasteiger partial charge in [-0.1, -0.05) is 38.1 Å². The third kappa shape index (κ3) is 1.59. The summed E-state index contributed by atoms with van der Waals surface area (Å²) in [5.41, 5.74) is 1.18. The zero-order valence-corrected chi connectivity index (χ0v) is 11.9. The fourth-order valence-corrected chi connectivity index (χ4v) is 2.67. The van der Waals surface area contributed by atoms with Crippen molar-refractivity contribution in [3.63, 3.8) is 0 Å². The first kappa shape index (κ1) is 11.6. The highest BCUT2D eigenvalue weighted by molar-refractivity contribution is 6.00. The van der Waals surface area contributed by atoms with Gasteiger partial charge in [-0.15, -0.1) is 15.3 Å². The molecule has 1 N–H and O–H groups in total. The van der Waals surface area contributed by atoms with Gasteiger partial charge in [0.05, 0.1) is 0 Å². The predicted molar refractivity (Wildman–Crippen MR) is 78.8 cm³/mol. The molecule has 2 aromatic heterocycles. The zero-order chi connectivity index (χ0) is 13.9. The van der Waals surface area contributed by atoms with Crippen LogP contribution in [0, 0.1) is 12.3 Å². The minimum Gasteiger partial charge on any atom is -0.365 e. The van der Waals surface area contributed by atoms with E-state index >= 15 is 0 Å². The number of aromatic nitrogens is 4. The minimum absolute atomic E-state index is 0.361. The molecule has 0 radical (unpaired) electrons. The smallest absolute Gasteiger partial charge is 0.185 e. The van der Waals surface area contributed by atoms with Crippen LogP contribution in [0.3, 0.4) is 0 Å². The van der Waals surface area contributed by atoms with Gasteiger partial charge in [0.2, 0.25) is 0 Å². The molecule has 0 amide bonds. The van der Waals surface area contributed by atoms with Crippen molar-refractivity contribution in [3.05, 3.63) is 30.1 Å². The average Bonchev–Trinajstić information content (AvgIpc) is 2.85. The van der Waals surface area contributed by atoms with Gasteiger partial charge in [-0.2, -0.15) is 4.52 Å². The molecule has 1 unspecified atom stereocenters. The van der Waals surface area contributed by atoms with Gasteiger partial charge in [-0.25, -0.2) is 0 Å². The van der Waals surface area contributed by atoms with E-state index in [1.54, 1.807) is 0 Å². The van der Waals surface area contributed by atoms with Crippen LogP contribution in [-0.4, -0.2) is 25.9 Å². The van der Waals surface area contributed by atoms with E-state index in [9.17, 15) is 0 Å². The van der Waals surface area contributed by atoms with Crippen LogP contribution in [0.2, 0.25) is 0 Å². The molecule has 1 atom stereocenters. The summed E-state index contributed by atoms with van der Waals surface area (Å²) >= 11 is 0. The van der Waals surface area contributed by atoms with Gasteiger partial charge < -0.3 is 5.32 Å². The molecule has 1 aliphatic rings. The number of hydrogen-bond acceptors (Lipinski definition) is 4. The second-order valence-electron chi connectivity index (χ2n) is 6.27. The Bertz CT molecular complexity index is 818. The first-order chi connectivity index (χ1) is 9.56. The number of nitrogens with zero attached hydrogens (tertiary/aromatic N) is 4. The fraction of sp³-hybridized carbons (Fsp3) is 0.400. The summed E-state index contributed by atoms with van der Waals surface area (Å²) in [6.07, 6.45) is 1.18. The number of benzene rings is 1. The lowest BCUT2D eigenvalue weighted by Crippen LogP contribution is -2.12. The van der Waals surface area contributed by atoms with E-state index in [-0.39, 0.29) is 0 Å². The van der Waals surface area contributed by atoms with Crippen molar-refractivity contribution in [1.82, 2.24) is 19.8 Å². The quantitative estimate of drug-likeness (QED) is 0.775. The van der Waals surface area contributed by atoms with Crippen molar-refractivity contribution >= 4 is 22.2 Å². The lowest BCUT2D eigenvalue weighted by atomic mass is 10.1. The second kappa shape index (κ2) is 3.69. The standard InChI is InChI=1S/C15H17N5/c1-9-17-18-14-11-7-5-4-6-10(11)13(19-20(9)14)16-12-8-15(12,2)3/h4-7,12H,8H2,1-3H3,(H,16,19). The first-order valence-electron chi connectivity index (χ1n) is 6.93. The summed E-state index contributed by atoms with van der Waals surface area (Å²) in [6.45, 7) is 6.47. The van der Waals surface area contributed by atoms with E-state index in [1.807, 2.05) is 23.6 Å². The highest BCUT2D eigenvalue weighted by Crippen LogP contribution is 2.46. The van der Waals surface area contributed by atoms with Crippen molar-refractivity contribution < 1.29 is 0 Å². The van der Waals surface area contributed by atoms with E-state index in [0.717, 1.165) is 28.1 Å². The molecule has 1 saturated carbocycles. The molecule has 4 rings (SSSR count). The van der Waals surface area contributed by atoms with Gasteiger partial charge in [0, 0.05) is 16.8 Å². The van der Waals surface area contributed by atoms with Gasteiger partial charge in [-0.05, 0) is 18.8 Å². The minimum atomic E-state index is 0.361. The number of rotatable bonds is 2. The first-order valence-corrected chi connectivity index (χ1v) is 6.93. The van der Waals surface area contributed by atoms with Crippen LogP contribution >= 0.6 is 0 Å². The van der Waals surface area contributed by atoms with Gasteiger partial charge in [0.25, 0.3) is 0 Å². The SMILES string of the molecule is Cc1nnc2c3ccccc3c(NC3CC3(C)C)nn12. The summed E-state index contributed by atoms with van der Waals surface area (Å²) in [5.74, 6) is 1.73. The number of nitrogens with one attached hydrogen (secondary N) is 1. The van der Waals surface area contributed by atoms with Crippen LogP contribution in [0.25, 0.3) is 16.4 Å². The molecule has 0 bridgehead atoms. The Morgan fingerprint density at radius 3 is 2.60 bits per heavy atom. The number of hydrogen-bond donors (Lipinski definition) is 1. The van der Waals surface area contributed by atoms with Crippen LogP contribution < -0.4 is 5.32 Å². The number of fused-ring (bicyclic) bond motifs is 3. The molecule has 20 heavy (non-hydrogen) atoms. The zero-order valence-electron chi connectivity index (χ0n) is 11.9. The summed E-state index contributed by atoms with van der Waals surface area (Å²) in [4.78, 5) is 0. The van der Waals surface area contributed by atoms with Crippen LogP contribution in [0.4, 0.5) is 5.82 Å². The highest BCUT2D eigenvalue weighted by atomic mass is 15.4. The van der Waals surface area contributed by atoms with E-state index in [4.69, 9.17) is 0 Å². The predicted octanol–water partition coefficient (Wildman–Crippen LogP) is 2.80. The van der Waals surface area contributed by atoms with Crippen molar-refractivity contribution in [2.75, 3.05) is 5.32 Å². The Hall–Kier alpha value is -2.17.